The summed E-state index contributed by atoms with van der Waals surface area (Å²) >= 11 is 0. The Kier molecular flexibility index (Phi) is 4.11. The number of aryl methyl sites for hydroxylation is 1. The van der Waals surface area contributed by atoms with Gasteiger partial charge in [-0.25, -0.2) is 18.4 Å². The van der Waals surface area contributed by atoms with E-state index in [1.807, 2.05) is 37.3 Å². The van der Waals surface area contributed by atoms with Crippen molar-refractivity contribution in [2.75, 3.05) is 28.8 Å². The fourth-order valence-corrected chi connectivity index (χ4v) is 5.75. The predicted molar refractivity (Wildman–Crippen MR) is 98.4 cm³/mol. The van der Waals surface area contributed by atoms with Crippen LogP contribution in [-0.2, 0) is 16.4 Å². The zero-order chi connectivity index (χ0) is 17.4. The summed E-state index contributed by atoms with van der Waals surface area (Å²) in [6.07, 6.45) is 3.88. The Hall–Kier alpha value is -2.15. The molecule has 1 saturated heterocycles. The zero-order valence-corrected chi connectivity index (χ0v) is 15.1. The molecule has 1 unspecified atom stereocenters. The molecule has 2 aromatic rings. The second-order valence-electron chi connectivity index (χ2n) is 6.72. The number of piperidine rings is 1. The number of fused-ring (bicyclic) bond motifs is 1. The van der Waals surface area contributed by atoms with Gasteiger partial charge in [-0.1, -0.05) is 18.2 Å². The number of aromatic nitrogens is 2. The van der Waals surface area contributed by atoms with E-state index in [-0.39, 0.29) is 0 Å². The van der Waals surface area contributed by atoms with E-state index in [1.54, 1.807) is 10.6 Å². The number of hydrogen-bond donors (Lipinski definition) is 0. The fourth-order valence-electron chi connectivity index (χ4n) is 3.76. The summed E-state index contributed by atoms with van der Waals surface area (Å²) in [6.45, 7) is 3.78. The van der Waals surface area contributed by atoms with Gasteiger partial charge in [-0.2, -0.15) is 0 Å². The van der Waals surface area contributed by atoms with Gasteiger partial charge >= 0.3 is 0 Å². The van der Waals surface area contributed by atoms with Crippen LogP contribution in [0.15, 0.2) is 36.7 Å². The second-order valence-corrected chi connectivity index (χ2v) is 8.86. The molecular formula is C18H22N4O2S. The van der Waals surface area contributed by atoms with Gasteiger partial charge in [0.1, 0.15) is 12.1 Å². The number of sulfonamides is 1. The number of nitrogens with zero attached hydrogens (tertiary/aromatic N) is 4. The summed E-state index contributed by atoms with van der Waals surface area (Å²) in [4.78, 5) is 10.5. The molecule has 0 spiro atoms. The highest BCUT2D eigenvalue weighted by Crippen LogP contribution is 2.33. The lowest BCUT2D eigenvalue weighted by atomic mass is 10.1. The average molecular weight is 358 g/mol. The topological polar surface area (TPSA) is 66.4 Å². The molecule has 0 amide bonds. The Morgan fingerprint density at radius 2 is 2.00 bits per heavy atom. The van der Waals surface area contributed by atoms with Crippen LogP contribution in [0.2, 0.25) is 0 Å². The van der Waals surface area contributed by atoms with Gasteiger partial charge in [0, 0.05) is 31.4 Å². The highest BCUT2D eigenvalue weighted by Gasteiger charge is 2.38. The molecule has 0 aliphatic carbocycles. The summed E-state index contributed by atoms with van der Waals surface area (Å²) in [5.41, 5.74) is 2.85. The number of rotatable bonds is 3. The predicted octanol–water partition coefficient (Wildman–Crippen LogP) is 2.15. The van der Waals surface area contributed by atoms with E-state index in [0.717, 1.165) is 42.1 Å². The van der Waals surface area contributed by atoms with Crippen LogP contribution in [0, 0.1) is 6.92 Å². The Morgan fingerprint density at radius 3 is 2.84 bits per heavy atom. The molecule has 132 valence electrons. The fraction of sp³-hybridized carbons (Fsp3) is 0.444. The summed E-state index contributed by atoms with van der Waals surface area (Å²) in [7, 11) is -3.38. The monoisotopic (exact) mass is 358 g/mol. The van der Waals surface area contributed by atoms with Gasteiger partial charge in [-0.3, -0.25) is 4.31 Å². The first-order valence-corrected chi connectivity index (χ1v) is 10.2. The molecular weight excluding hydrogens is 336 g/mol. The van der Waals surface area contributed by atoms with Crippen molar-refractivity contribution in [3.63, 3.8) is 0 Å². The highest BCUT2D eigenvalue weighted by molar-refractivity contribution is 7.93. The van der Waals surface area contributed by atoms with Crippen LogP contribution in [0.1, 0.15) is 24.1 Å². The van der Waals surface area contributed by atoms with E-state index >= 15 is 0 Å². The molecule has 2 aliphatic heterocycles. The highest BCUT2D eigenvalue weighted by atomic mass is 32.2. The van der Waals surface area contributed by atoms with Crippen LogP contribution >= 0.6 is 0 Å². The standard InChI is InChI=1S/C18H22N4O2S/c1-14-11-18(20-13-19-14)21-9-4-6-16(12-21)25(23,24)22-10-8-15-5-2-3-7-17(15)22/h2-3,5,7,11,13,16H,4,6,8-10,12H2,1H3. The maximum Gasteiger partial charge on any atom is 0.239 e. The third-order valence-corrected chi connectivity index (χ3v) is 7.29. The van der Waals surface area contributed by atoms with E-state index in [2.05, 4.69) is 14.9 Å². The molecule has 0 saturated carbocycles. The molecule has 6 nitrogen and oxygen atoms in total. The molecule has 0 radical (unpaired) electrons. The first-order chi connectivity index (χ1) is 12.1. The van der Waals surface area contributed by atoms with Crippen LogP contribution in [-0.4, -0.2) is 43.3 Å². The number of para-hydroxylation sites is 1. The van der Waals surface area contributed by atoms with Gasteiger partial charge in [-0.05, 0) is 37.8 Å². The number of benzene rings is 1. The average Bonchev–Trinajstić information content (AvgIpc) is 3.07. The van der Waals surface area contributed by atoms with E-state index in [4.69, 9.17) is 0 Å². The minimum absolute atomic E-state index is 0.400. The maximum absolute atomic E-state index is 13.3. The molecule has 1 fully saturated rings. The summed E-state index contributed by atoms with van der Waals surface area (Å²) < 4.78 is 28.1. The normalized spacial score (nSPS) is 20.6. The molecule has 2 aliphatic rings. The summed E-state index contributed by atoms with van der Waals surface area (Å²) in [6, 6.07) is 9.72. The summed E-state index contributed by atoms with van der Waals surface area (Å²) in [5.74, 6) is 0.814. The molecule has 1 aromatic heterocycles. The van der Waals surface area contributed by atoms with Gasteiger partial charge in [0.2, 0.25) is 10.0 Å². The Bertz CT molecular complexity index is 884. The molecule has 3 heterocycles. The maximum atomic E-state index is 13.3. The third kappa shape index (κ3) is 2.97. The molecule has 25 heavy (non-hydrogen) atoms. The van der Waals surface area contributed by atoms with Gasteiger partial charge in [0.15, 0.2) is 0 Å². The van der Waals surface area contributed by atoms with Gasteiger partial charge in [0.25, 0.3) is 0 Å². The van der Waals surface area contributed by atoms with Gasteiger partial charge in [-0.15, -0.1) is 0 Å². The second kappa shape index (κ2) is 6.29. The van der Waals surface area contributed by atoms with Crippen molar-refractivity contribution in [2.24, 2.45) is 0 Å². The lowest BCUT2D eigenvalue weighted by Gasteiger charge is -2.35. The zero-order valence-electron chi connectivity index (χ0n) is 14.3. The Labute approximate surface area is 148 Å². The van der Waals surface area contributed by atoms with Crippen molar-refractivity contribution in [1.82, 2.24) is 9.97 Å². The minimum atomic E-state index is -3.38. The number of anilines is 2. The van der Waals surface area contributed by atoms with Crippen molar-refractivity contribution < 1.29 is 8.42 Å². The largest absolute Gasteiger partial charge is 0.355 e. The van der Waals surface area contributed by atoms with Crippen molar-refractivity contribution >= 4 is 21.5 Å². The smallest absolute Gasteiger partial charge is 0.239 e. The molecule has 7 heteroatoms. The van der Waals surface area contributed by atoms with Gasteiger partial charge in [0.05, 0.1) is 10.9 Å². The quantitative estimate of drug-likeness (QED) is 0.841. The van der Waals surface area contributed by atoms with Crippen molar-refractivity contribution in [3.8, 4) is 0 Å². The van der Waals surface area contributed by atoms with E-state index in [0.29, 0.717) is 19.5 Å². The molecule has 0 bridgehead atoms. The van der Waals surface area contributed by atoms with E-state index in [9.17, 15) is 8.42 Å². The SMILES string of the molecule is Cc1cc(N2CCCC(S(=O)(=O)N3CCc4ccccc43)C2)ncn1. The lowest BCUT2D eigenvalue weighted by molar-refractivity contribution is 0.527. The van der Waals surface area contributed by atoms with Gasteiger partial charge < -0.3 is 4.90 Å². The Morgan fingerprint density at radius 1 is 1.16 bits per heavy atom. The lowest BCUT2D eigenvalue weighted by Crippen LogP contribution is -2.48. The van der Waals surface area contributed by atoms with E-state index in [1.165, 1.54) is 0 Å². The molecule has 1 aromatic carbocycles. The molecule has 4 rings (SSSR count). The van der Waals surface area contributed by atoms with Crippen molar-refractivity contribution in [2.45, 2.75) is 31.4 Å². The van der Waals surface area contributed by atoms with Crippen LogP contribution in [0.5, 0.6) is 0 Å². The number of hydrogen-bond acceptors (Lipinski definition) is 5. The first-order valence-electron chi connectivity index (χ1n) is 8.69. The van der Waals surface area contributed by atoms with Crippen LogP contribution in [0.3, 0.4) is 0 Å². The van der Waals surface area contributed by atoms with Crippen molar-refractivity contribution in [1.29, 1.82) is 0 Å². The van der Waals surface area contributed by atoms with Crippen LogP contribution in [0.4, 0.5) is 11.5 Å². The van der Waals surface area contributed by atoms with Crippen molar-refractivity contribution in [3.05, 3.63) is 47.9 Å². The third-order valence-electron chi connectivity index (χ3n) is 5.06. The van der Waals surface area contributed by atoms with Crippen LogP contribution in [0.25, 0.3) is 0 Å². The Balaban J connectivity index is 1.59. The summed E-state index contributed by atoms with van der Waals surface area (Å²) in [5, 5.41) is -0.400. The molecule has 0 N–H and O–H groups in total. The molecule has 1 atom stereocenters. The minimum Gasteiger partial charge on any atom is -0.355 e. The van der Waals surface area contributed by atoms with E-state index < -0.39 is 15.3 Å². The van der Waals surface area contributed by atoms with Crippen LogP contribution < -0.4 is 9.21 Å². The first kappa shape index (κ1) is 16.3.